The summed E-state index contributed by atoms with van der Waals surface area (Å²) < 4.78 is 0. The smallest absolute Gasteiger partial charge is 0.150 e. The number of fused-ring (bicyclic) bond motifs is 1. The van der Waals surface area contributed by atoms with Crippen molar-refractivity contribution in [1.29, 1.82) is 0 Å². The molecule has 1 saturated carbocycles. The first-order valence-corrected chi connectivity index (χ1v) is 6.39. The summed E-state index contributed by atoms with van der Waals surface area (Å²) in [6, 6.07) is 0. The number of carbonyl (C=O) groups excluding carboxylic acids is 2. The zero-order chi connectivity index (χ0) is 13.6. The molecule has 0 radical (unpaired) electrons. The predicted octanol–water partition coefficient (Wildman–Crippen LogP) is 2.05. The molecule has 98 valence electrons. The Bertz CT molecular complexity index is 445. The van der Waals surface area contributed by atoms with Gasteiger partial charge in [0.05, 0.1) is 5.60 Å². The second kappa shape index (κ2) is 4.16. The largest absolute Gasteiger partial charge is 0.385 e. The molecule has 2 aliphatic rings. The highest BCUT2D eigenvalue weighted by Gasteiger charge is 2.51. The van der Waals surface area contributed by atoms with E-state index in [0.717, 1.165) is 6.42 Å². The summed E-state index contributed by atoms with van der Waals surface area (Å²) in [7, 11) is 0. The third-order valence-corrected chi connectivity index (χ3v) is 4.25. The van der Waals surface area contributed by atoms with Crippen molar-refractivity contribution in [3.05, 3.63) is 23.3 Å². The van der Waals surface area contributed by atoms with Gasteiger partial charge < -0.3 is 5.11 Å². The molecule has 2 rings (SSSR count). The van der Waals surface area contributed by atoms with Gasteiger partial charge in [0.15, 0.2) is 6.29 Å². The average Bonchev–Trinajstić information content (AvgIpc) is 2.48. The average molecular weight is 248 g/mol. The van der Waals surface area contributed by atoms with Crippen molar-refractivity contribution in [1.82, 2.24) is 0 Å². The van der Waals surface area contributed by atoms with Crippen LogP contribution in [0.1, 0.15) is 33.6 Å². The highest BCUT2D eigenvalue weighted by Crippen LogP contribution is 2.52. The maximum absolute atomic E-state index is 11.1. The molecule has 0 aliphatic heterocycles. The van der Waals surface area contributed by atoms with Crippen molar-refractivity contribution in [2.45, 2.75) is 39.2 Å². The van der Waals surface area contributed by atoms with E-state index in [9.17, 15) is 14.7 Å². The molecule has 0 bridgehead atoms. The fourth-order valence-electron chi connectivity index (χ4n) is 3.60. The van der Waals surface area contributed by atoms with Gasteiger partial charge in [-0.15, -0.1) is 0 Å². The number of rotatable bonds is 2. The van der Waals surface area contributed by atoms with Crippen LogP contribution in [-0.4, -0.2) is 23.3 Å². The molecule has 0 amide bonds. The summed E-state index contributed by atoms with van der Waals surface area (Å²) in [5.41, 5.74) is -0.192. The Morgan fingerprint density at radius 2 is 1.89 bits per heavy atom. The monoisotopic (exact) mass is 248 g/mol. The predicted molar refractivity (Wildman–Crippen MR) is 68.9 cm³/mol. The van der Waals surface area contributed by atoms with Crippen LogP contribution in [0.5, 0.6) is 0 Å². The minimum Gasteiger partial charge on any atom is -0.385 e. The molecular formula is C15H20O3. The SMILES string of the molecule is C[C@H]1C=C(C=O)C(C=O)=C[C@]2(O)CC(C)(C)CC12. The summed E-state index contributed by atoms with van der Waals surface area (Å²) >= 11 is 0. The van der Waals surface area contributed by atoms with E-state index in [1.165, 1.54) is 0 Å². The van der Waals surface area contributed by atoms with Gasteiger partial charge in [0.25, 0.3) is 0 Å². The standard InChI is InChI=1S/C15H20O3/c1-10-4-11(7-16)12(8-17)5-15(18)9-14(2,3)6-13(10)15/h4-5,7-8,10,13,18H,6,9H2,1-3H3/t10-,13?,15-/m0/s1. The van der Waals surface area contributed by atoms with Gasteiger partial charge in [0.2, 0.25) is 0 Å². The van der Waals surface area contributed by atoms with Crippen molar-refractivity contribution >= 4 is 12.6 Å². The Hall–Kier alpha value is -1.22. The zero-order valence-corrected chi connectivity index (χ0v) is 11.1. The summed E-state index contributed by atoms with van der Waals surface area (Å²) in [6.07, 6.45) is 6.31. The van der Waals surface area contributed by atoms with Crippen molar-refractivity contribution in [2.75, 3.05) is 0 Å². The number of aldehydes is 2. The molecule has 0 aromatic carbocycles. The molecule has 0 aromatic rings. The van der Waals surface area contributed by atoms with Gasteiger partial charge in [-0.2, -0.15) is 0 Å². The lowest BCUT2D eigenvalue weighted by molar-refractivity contribution is -0.107. The van der Waals surface area contributed by atoms with Crippen molar-refractivity contribution in [3.63, 3.8) is 0 Å². The van der Waals surface area contributed by atoms with Crippen LogP contribution in [0.4, 0.5) is 0 Å². The van der Waals surface area contributed by atoms with Gasteiger partial charge in [0, 0.05) is 11.1 Å². The number of hydrogen-bond donors (Lipinski definition) is 1. The van der Waals surface area contributed by atoms with Gasteiger partial charge >= 0.3 is 0 Å². The molecule has 0 spiro atoms. The number of carbonyl (C=O) groups is 2. The van der Waals surface area contributed by atoms with Crippen LogP contribution in [0.15, 0.2) is 23.3 Å². The van der Waals surface area contributed by atoms with Gasteiger partial charge in [-0.05, 0) is 36.2 Å². The Morgan fingerprint density at radius 1 is 1.28 bits per heavy atom. The van der Waals surface area contributed by atoms with Crippen LogP contribution >= 0.6 is 0 Å². The fraction of sp³-hybridized carbons (Fsp3) is 0.600. The minimum atomic E-state index is -0.972. The second-order valence-corrected chi connectivity index (χ2v) is 6.46. The summed E-state index contributed by atoms with van der Waals surface area (Å²) in [5, 5.41) is 10.8. The van der Waals surface area contributed by atoms with E-state index in [-0.39, 0.29) is 17.3 Å². The lowest BCUT2D eigenvalue weighted by atomic mass is 9.82. The molecule has 0 aromatic heterocycles. The van der Waals surface area contributed by atoms with Crippen LogP contribution in [0.2, 0.25) is 0 Å². The van der Waals surface area contributed by atoms with E-state index in [1.54, 1.807) is 6.08 Å². The topological polar surface area (TPSA) is 54.4 Å². The molecule has 0 saturated heterocycles. The van der Waals surface area contributed by atoms with E-state index >= 15 is 0 Å². The van der Waals surface area contributed by atoms with Crippen LogP contribution in [0, 0.1) is 17.3 Å². The molecule has 2 aliphatic carbocycles. The quantitative estimate of drug-likeness (QED) is 0.761. The van der Waals surface area contributed by atoms with E-state index in [1.807, 2.05) is 13.0 Å². The van der Waals surface area contributed by atoms with Gasteiger partial charge in [-0.1, -0.05) is 26.8 Å². The molecule has 1 N–H and O–H groups in total. The summed E-state index contributed by atoms with van der Waals surface area (Å²) in [5.74, 6) is 0.158. The third-order valence-electron chi connectivity index (χ3n) is 4.25. The first kappa shape index (κ1) is 13.2. The Balaban J connectivity index is 2.51. The van der Waals surface area contributed by atoms with Crippen LogP contribution in [0.25, 0.3) is 0 Å². The molecule has 0 heterocycles. The van der Waals surface area contributed by atoms with E-state index in [4.69, 9.17) is 0 Å². The molecule has 18 heavy (non-hydrogen) atoms. The Kier molecular flexibility index (Phi) is 3.06. The maximum atomic E-state index is 11.1. The molecule has 3 atom stereocenters. The van der Waals surface area contributed by atoms with Crippen molar-refractivity contribution in [2.24, 2.45) is 17.3 Å². The minimum absolute atomic E-state index is 0.0602. The molecule has 1 unspecified atom stereocenters. The number of aliphatic hydroxyl groups is 1. The molecule has 1 fully saturated rings. The summed E-state index contributed by atoms with van der Waals surface area (Å²) in [6.45, 7) is 6.26. The third kappa shape index (κ3) is 2.07. The first-order valence-electron chi connectivity index (χ1n) is 6.39. The van der Waals surface area contributed by atoms with Crippen LogP contribution in [-0.2, 0) is 9.59 Å². The van der Waals surface area contributed by atoms with E-state index in [2.05, 4.69) is 13.8 Å². The maximum Gasteiger partial charge on any atom is 0.150 e. The van der Waals surface area contributed by atoms with Crippen LogP contribution < -0.4 is 0 Å². The van der Waals surface area contributed by atoms with Gasteiger partial charge in [0.1, 0.15) is 6.29 Å². The first-order chi connectivity index (χ1) is 8.31. The zero-order valence-electron chi connectivity index (χ0n) is 11.1. The Morgan fingerprint density at radius 3 is 2.44 bits per heavy atom. The van der Waals surface area contributed by atoms with Gasteiger partial charge in [-0.25, -0.2) is 0 Å². The highest BCUT2D eigenvalue weighted by molar-refractivity contribution is 5.95. The van der Waals surface area contributed by atoms with Gasteiger partial charge in [-0.3, -0.25) is 9.59 Å². The van der Waals surface area contributed by atoms with E-state index < -0.39 is 5.60 Å². The second-order valence-electron chi connectivity index (χ2n) is 6.46. The Labute approximate surface area is 108 Å². The van der Waals surface area contributed by atoms with Crippen molar-refractivity contribution in [3.8, 4) is 0 Å². The van der Waals surface area contributed by atoms with Crippen LogP contribution in [0.3, 0.4) is 0 Å². The number of hydrogen-bond acceptors (Lipinski definition) is 3. The molecule has 3 heteroatoms. The highest BCUT2D eigenvalue weighted by atomic mass is 16.3. The number of allylic oxidation sites excluding steroid dienone is 3. The van der Waals surface area contributed by atoms with E-state index in [0.29, 0.717) is 30.1 Å². The molecule has 3 nitrogen and oxygen atoms in total. The van der Waals surface area contributed by atoms with Crippen molar-refractivity contribution < 1.29 is 14.7 Å². The molecular weight excluding hydrogens is 228 g/mol. The fourth-order valence-corrected chi connectivity index (χ4v) is 3.60. The lowest BCUT2D eigenvalue weighted by Crippen LogP contribution is -2.34. The summed E-state index contributed by atoms with van der Waals surface area (Å²) in [4.78, 5) is 22.1. The normalized spacial score (nSPS) is 38.2. The lowest BCUT2D eigenvalue weighted by Gasteiger charge is -2.29.